The molecule has 0 bridgehead atoms. The van der Waals surface area contributed by atoms with Crippen LogP contribution in [0.1, 0.15) is 18.4 Å². The minimum Gasteiger partial charge on any atom is -0.379 e. The van der Waals surface area contributed by atoms with E-state index in [0.717, 1.165) is 85.1 Å². The summed E-state index contributed by atoms with van der Waals surface area (Å²) >= 11 is 0. The third-order valence-corrected chi connectivity index (χ3v) is 5.52. The molecule has 1 atom stereocenters. The molecule has 2 saturated heterocycles. The molecule has 2 aliphatic heterocycles. The van der Waals surface area contributed by atoms with Crippen molar-refractivity contribution in [2.75, 3.05) is 72.2 Å². The number of nitriles is 1. The van der Waals surface area contributed by atoms with Gasteiger partial charge in [0.25, 0.3) is 0 Å². The molecule has 6 heteroatoms. The molecule has 2 heterocycles. The van der Waals surface area contributed by atoms with Crippen LogP contribution in [0, 0.1) is 11.3 Å². The molecule has 28 heavy (non-hydrogen) atoms. The van der Waals surface area contributed by atoms with Gasteiger partial charge < -0.3 is 9.47 Å². The van der Waals surface area contributed by atoms with Crippen molar-refractivity contribution in [2.45, 2.75) is 25.5 Å². The van der Waals surface area contributed by atoms with Crippen molar-refractivity contribution in [1.82, 2.24) is 14.7 Å². The molecular formula is C22H34N4O2. The van der Waals surface area contributed by atoms with E-state index in [1.807, 2.05) is 0 Å². The average molecular weight is 387 g/mol. The van der Waals surface area contributed by atoms with Crippen LogP contribution in [0.25, 0.3) is 0 Å². The minimum absolute atomic E-state index is 0.203. The summed E-state index contributed by atoms with van der Waals surface area (Å²) in [5.41, 5.74) is 1.36. The van der Waals surface area contributed by atoms with Gasteiger partial charge in [0.2, 0.25) is 0 Å². The molecule has 1 aromatic rings. The van der Waals surface area contributed by atoms with Crippen molar-refractivity contribution in [3.63, 3.8) is 0 Å². The Morgan fingerprint density at radius 3 is 2.64 bits per heavy atom. The first kappa shape index (κ1) is 21.2. The van der Waals surface area contributed by atoms with Gasteiger partial charge in [0.15, 0.2) is 0 Å². The van der Waals surface area contributed by atoms with Crippen LogP contribution < -0.4 is 0 Å². The molecule has 6 nitrogen and oxygen atoms in total. The second kappa shape index (κ2) is 12.2. The van der Waals surface area contributed by atoms with Gasteiger partial charge in [-0.15, -0.1) is 0 Å². The van der Waals surface area contributed by atoms with Gasteiger partial charge in [0.1, 0.15) is 0 Å². The van der Waals surface area contributed by atoms with E-state index in [1.165, 1.54) is 5.56 Å². The Morgan fingerprint density at radius 2 is 1.86 bits per heavy atom. The summed E-state index contributed by atoms with van der Waals surface area (Å²) in [5, 5.41) is 9.05. The van der Waals surface area contributed by atoms with Crippen LogP contribution in [0.5, 0.6) is 0 Å². The Balaban J connectivity index is 1.51. The smallest absolute Gasteiger partial charge is 0.0828 e. The van der Waals surface area contributed by atoms with E-state index in [-0.39, 0.29) is 6.10 Å². The van der Waals surface area contributed by atoms with E-state index < -0.39 is 0 Å². The third kappa shape index (κ3) is 7.50. The zero-order chi connectivity index (χ0) is 19.4. The van der Waals surface area contributed by atoms with Gasteiger partial charge in [0, 0.05) is 71.9 Å². The van der Waals surface area contributed by atoms with Gasteiger partial charge in [-0.25, -0.2) is 0 Å². The average Bonchev–Trinajstić information content (AvgIpc) is 2.96. The lowest BCUT2D eigenvalue weighted by atomic mass is 10.2. The molecule has 1 aromatic carbocycles. The lowest BCUT2D eigenvalue weighted by Gasteiger charge is -2.32. The summed E-state index contributed by atoms with van der Waals surface area (Å²) in [6.45, 7) is 11.3. The summed E-state index contributed by atoms with van der Waals surface area (Å²) in [6, 6.07) is 13.0. The predicted octanol–water partition coefficient (Wildman–Crippen LogP) is 1.83. The van der Waals surface area contributed by atoms with E-state index in [0.29, 0.717) is 6.42 Å². The number of morpholine rings is 1. The molecule has 154 valence electrons. The van der Waals surface area contributed by atoms with E-state index >= 15 is 0 Å². The largest absolute Gasteiger partial charge is 0.379 e. The van der Waals surface area contributed by atoms with Crippen LogP contribution >= 0.6 is 0 Å². The number of benzene rings is 1. The van der Waals surface area contributed by atoms with E-state index in [1.54, 1.807) is 0 Å². The second-order valence-electron chi connectivity index (χ2n) is 7.73. The third-order valence-electron chi connectivity index (χ3n) is 5.52. The molecule has 3 rings (SSSR count). The molecule has 0 N–H and O–H groups in total. The fourth-order valence-electron chi connectivity index (χ4n) is 3.96. The molecule has 0 aromatic heterocycles. The highest BCUT2D eigenvalue weighted by atomic mass is 16.5. The molecule has 0 aliphatic carbocycles. The highest BCUT2D eigenvalue weighted by molar-refractivity contribution is 5.14. The summed E-state index contributed by atoms with van der Waals surface area (Å²) < 4.78 is 11.6. The predicted molar refractivity (Wildman–Crippen MR) is 110 cm³/mol. The summed E-state index contributed by atoms with van der Waals surface area (Å²) in [5.74, 6) is 0. The van der Waals surface area contributed by atoms with Crippen molar-refractivity contribution in [2.24, 2.45) is 0 Å². The molecule has 0 amide bonds. The normalized spacial score (nSPS) is 22.1. The first-order valence-electron chi connectivity index (χ1n) is 10.6. The van der Waals surface area contributed by atoms with Gasteiger partial charge >= 0.3 is 0 Å². The van der Waals surface area contributed by atoms with Crippen LogP contribution in [0.15, 0.2) is 30.3 Å². The van der Waals surface area contributed by atoms with Crippen LogP contribution in [-0.2, 0) is 16.0 Å². The zero-order valence-electron chi connectivity index (χ0n) is 17.0. The monoisotopic (exact) mass is 386 g/mol. The standard InChI is InChI=1S/C22H34N4O2/c23-8-4-9-25(12-11-24-13-16-27-17-14-24)19-22-20-26(10-5-15-28-22)18-21-6-2-1-3-7-21/h1-3,6-7,22H,4-5,9-20H2/t22-/m1/s1. The zero-order valence-corrected chi connectivity index (χ0v) is 17.0. The molecule has 0 spiro atoms. The first-order chi connectivity index (χ1) is 13.8. The van der Waals surface area contributed by atoms with Crippen molar-refractivity contribution in [3.8, 4) is 6.07 Å². The molecule has 0 unspecified atom stereocenters. The summed E-state index contributed by atoms with van der Waals surface area (Å²) in [4.78, 5) is 7.38. The van der Waals surface area contributed by atoms with E-state index in [2.05, 4.69) is 51.1 Å². The quantitative estimate of drug-likeness (QED) is 0.645. The number of rotatable bonds is 9. The Bertz CT molecular complexity index is 586. The first-order valence-corrected chi connectivity index (χ1v) is 10.6. The summed E-state index contributed by atoms with van der Waals surface area (Å²) in [7, 11) is 0. The Hall–Kier alpha value is -1.49. The van der Waals surface area contributed by atoms with E-state index in [4.69, 9.17) is 14.7 Å². The van der Waals surface area contributed by atoms with Gasteiger partial charge in [0.05, 0.1) is 25.4 Å². The lowest BCUT2D eigenvalue weighted by molar-refractivity contribution is 0.0136. The van der Waals surface area contributed by atoms with Crippen LogP contribution in [0.3, 0.4) is 0 Å². The maximum absolute atomic E-state index is 9.05. The van der Waals surface area contributed by atoms with Crippen molar-refractivity contribution >= 4 is 0 Å². The van der Waals surface area contributed by atoms with E-state index in [9.17, 15) is 0 Å². The van der Waals surface area contributed by atoms with Crippen LogP contribution in [-0.4, -0.2) is 93.0 Å². The van der Waals surface area contributed by atoms with Gasteiger partial charge in [-0.1, -0.05) is 30.3 Å². The molecule has 0 radical (unpaired) electrons. The van der Waals surface area contributed by atoms with Gasteiger partial charge in [-0.3, -0.25) is 14.7 Å². The Kier molecular flexibility index (Phi) is 9.21. The highest BCUT2D eigenvalue weighted by Crippen LogP contribution is 2.12. The highest BCUT2D eigenvalue weighted by Gasteiger charge is 2.22. The van der Waals surface area contributed by atoms with Crippen LogP contribution in [0.4, 0.5) is 0 Å². The second-order valence-corrected chi connectivity index (χ2v) is 7.73. The van der Waals surface area contributed by atoms with Crippen LogP contribution in [0.2, 0.25) is 0 Å². The number of hydrogen-bond donors (Lipinski definition) is 0. The maximum atomic E-state index is 9.05. The number of nitrogens with zero attached hydrogens (tertiary/aromatic N) is 4. The van der Waals surface area contributed by atoms with Gasteiger partial charge in [-0.05, 0) is 12.0 Å². The van der Waals surface area contributed by atoms with Gasteiger partial charge in [-0.2, -0.15) is 5.26 Å². The topological polar surface area (TPSA) is 52.0 Å². The van der Waals surface area contributed by atoms with Crippen molar-refractivity contribution in [3.05, 3.63) is 35.9 Å². The number of hydrogen-bond acceptors (Lipinski definition) is 6. The lowest BCUT2D eigenvalue weighted by Crippen LogP contribution is -2.45. The fourth-order valence-corrected chi connectivity index (χ4v) is 3.96. The van der Waals surface area contributed by atoms with Crippen molar-refractivity contribution in [1.29, 1.82) is 5.26 Å². The molecule has 0 saturated carbocycles. The van der Waals surface area contributed by atoms with Crippen molar-refractivity contribution < 1.29 is 9.47 Å². The minimum atomic E-state index is 0.203. The SMILES string of the molecule is N#CCCN(CCN1CCOCC1)C[C@@H]1CN(Cc2ccccc2)CCCO1. The fraction of sp³-hybridized carbons (Fsp3) is 0.682. The maximum Gasteiger partial charge on any atom is 0.0828 e. The summed E-state index contributed by atoms with van der Waals surface area (Å²) in [6.07, 6.45) is 1.85. The number of ether oxygens (including phenoxy) is 2. The Morgan fingerprint density at radius 1 is 1.04 bits per heavy atom. The molecule has 2 aliphatic rings. The Labute approximate surface area is 169 Å². The molecular weight excluding hydrogens is 352 g/mol. The molecule has 2 fully saturated rings.